The van der Waals surface area contributed by atoms with Crippen molar-refractivity contribution in [1.82, 2.24) is 10.7 Å². The van der Waals surface area contributed by atoms with Crippen LogP contribution in [0.4, 0.5) is 0 Å². The van der Waals surface area contributed by atoms with Crippen molar-refractivity contribution in [3.8, 4) is 17.2 Å². The number of nitrogens with zero attached hydrogens (tertiary/aromatic N) is 1. The van der Waals surface area contributed by atoms with E-state index in [2.05, 4.69) is 15.8 Å². The SMILES string of the molecule is COc1ccc(CNC(=O)C(=O)N/N=C/c2ccc(OC)c(OC)c2)cc1. The van der Waals surface area contributed by atoms with Crippen molar-refractivity contribution in [3.05, 3.63) is 53.6 Å². The van der Waals surface area contributed by atoms with Gasteiger partial charge in [0.2, 0.25) is 0 Å². The number of rotatable bonds is 7. The zero-order valence-corrected chi connectivity index (χ0v) is 15.3. The number of benzene rings is 2. The van der Waals surface area contributed by atoms with E-state index in [4.69, 9.17) is 14.2 Å². The van der Waals surface area contributed by atoms with Gasteiger partial charge < -0.3 is 19.5 Å². The third-order valence-corrected chi connectivity index (χ3v) is 3.61. The van der Waals surface area contributed by atoms with Gasteiger partial charge in [0.05, 0.1) is 27.5 Å². The first-order valence-electron chi connectivity index (χ1n) is 8.03. The lowest BCUT2D eigenvalue weighted by atomic mass is 10.2. The topological polar surface area (TPSA) is 98.2 Å². The van der Waals surface area contributed by atoms with Gasteiger partial charge in [-0.2, -0.15) is 5.10 Å². The summed E-state index contributed by atoms with van der Waals surface area (Å²) in [6, 6.07) is 12.3. The maximum atomic E-state index is 11.8. The molecule has 0 fully saturated rings. The number of hydrogen-bond donors (Lipinski definition) is 2. The van der Waals surface area contributed by atoms with Gasteiger partial charge in [0.15, 0.2) is 11.5 Å². The summed E-state index contributed by atoms with van der Waals surface area (Å²) in [5, 5.41) is 6.29. The van der Waals surface area contributed by atoms with Crippen molar-refractivity contribution in [1.29, 1.82) is 0 Å². The molecule has 142 valence electrons. The van der Waals surface area contributed by atoms with Crippen molar-refractivity contribution >= 4 is 18.0 Å². The van der Waals surface area contributed by atoms with E-state index in [1.807, 2.05) is 0 Å². The van der Waals surface area contributed by atoms with Crippen molar-refractivity contribution in [3.63, 3.8) is 0 Å². The summed E-state index contributed by atoms with van der Waals surface area (Å²) < 4.78 is 15.4. The number of ether oxygens (including phenoxy) is 3. The average molecular weight is 371 g/mol. The zero-order valence-electron chi connectivity index (χ0n) is 15.3. The highest BCUT2D eigenvalue weighted by Gasteiger charge is 2.12. The van der Waals surface area contributed by atoms with E-state index >= 15 is 0 Å². The molecule has 8 heteroatoms. The van der Waals surface area contributed by atoms with Crippen LogP contribution in [0, 0.1) is 0 Å². The molecule has 0 spiro atoms. The lowest BCUT2D eigenvalue weighted by Crippen LogP contribution is -2.37. The van der Waals surface area contributed by atoms with E-state index in [0.29, 0.717) is 22.8 Å². The summed E-state index contributed by atoms with van der Waals surface area (Å²) >= 11 is 0. The Kier molecular flexibility index (Phi) is 7.18. The first-order chi connectivity index (χ1) is 13.1. The number of carbonyl (C=O) groups excluding carboxylic acids is 2. The zero-order chi connectivity index (χ0) is 19.6. The smallest absolute Gasteiger partial charge is 0.329 e. The minimum absolute atomic E-state index is 0.218. The van der Waals surface area contributed by atoms with E-state index in [1.165, 1.54) is 20.4 Å². The molecule has 2 aromatic rings. The maximum Gasteiger partial charge on any atom is 0.329 e. The van der Waals surface area contributed by atoms with Gasteiger partial charge >= 0.3 is 11.8 Å². The normalized spacial score (nSPS) is 10.3. The molecule has 0 unspecified atom stereocenters. The molecular weight excluding hydrogens is 350 g/mol. The van der Waals surface area contributed by atoms with Crippen LogP contribution >= 0.6 is 0 Å². The van der Waals surface area contributed by atoms with Gasteiger partial charge in [-0.15, -0.1) is 0 Å². The largest absolute Gasteiger partial charge is 0.497 e. The quantitative estimate of drug-likeness (QED) is 0.436. The number of hydrazone groups is 1. The molecule has 0 saturated carbocycles. The van der Waals surface area contributed by atoms with E-state index < -0.39 is 11.8 Å². The molecule has 2 rings (SSSR count). The minimum atomic E-state index is -0.861. The van der Waals surface area contributed by atoms with E-state index in [0.717, 1.165) is 5.56 Å². The van der Waals surface area contributed by atoms with Gasteiger partial charge in [0, 0.05) is 6.54 Å². The Morgan fingerprint density at radius 2 is 1.63 bits per heavy atom. The first-order valence-corrected chi connectivity index (χ1v) is 8.03. The molecule has 2 amide bonds. The fourth-order valence-corrected chi connectivity index (χ4v) is 2.16. The third kappa shape index (κ3) is 5.74. The van der Waals surface area contributed by atoms with Crippen molar-refractivity contribution in [2.45, 2.75) is 6.54 Å². The number of methoxy groups -OCH3 is 3. The fourth-order valence-electron chi connectivity index (χ4n) is 2.16. The first kappa shape index (κ1) is 19.8. The van der Waals surface area contributed by atoms with E-state index in [9.17, 15) is 9.59 Å². The van der Waals surface area contributed by atoms with Crippen LogP contribution in [-0.4, -0.2) is 39.4 Å². The summed E-state index contributed by atoms with van der Waals surface area (Å²) in [4.78, 5) is 23.6. The molecule has 0 aliphatic rings. The van der Waals surface area contributed by atoms with Crippen molar-refractivity contribution in [2.75, 3.05) is 21.3 Å². The standard InChI is InChI=1S/C19H21N3O5/c1-25-15-7-4-13(5-8-15)11-20-18(23)19(24)22-21-12-14-6-9-16(26-2)17(10-14)27-3/h4-10,12H,11H2,1-3H3,(H,20,23)(H,22,24)/b21-12+. The molecule has 0 heterocycles. The lowest BCUT2D eigenvalue weighted by Gasteiger charge is -2.07. The lowest BCUT2D eigenvalue weighted by molar-refractivity contribution is -0.139. The van der Waals surface area contributed by atoms with Crippen LogP contribution in [0.5, 0.6) is 17.2 Å². The highest BCUT2D eigenvalue weighted by molar-refractivity contribution is 6.35. The summed E-state index contributed by atoms with van der Waals surface area (Å²) in [5.74, 6) is 0.185. The average Bonchev–Trinajstić information content (AvgIpc) is 2.72. The Morgan fingerprint density at radius 3 is 2.26 bits per heavy atom. The summed E-state index contributed by atoms with van der Waals surface area (Å²) in [5.41, 5.74) is 3.69. The number of carbonyl (C=O) groups is 2. The highest BCUT2D eigenvalue weighted by atomic mass is 16.5. The van der Waals surface area contributed by atoms with Crippen LogP contribution < -0.4 is 25.0 Å². The number of hydrogen-bond acceptors (Lipinski definition) is 6. The molecule has 2 N–H and O–H groups in total. The maximum absolute atomic E-state index is 11.8. The molecular formula is C19H21N3O5. The van der Waals surface area contributed by atoms with Crippen LogP contribution in [0.25, 0.3) is 0 Å². The number of nitrogens with one attached hydrogen (secondary N) is 2. The van der Waals surface area contributed by atoms with E-state index in [1.54, 1.807) is 49.6 Å². The molecule has 8 nitrogen and oxygen atoms in total. The van der Waals surface area contributed by atoms with Gasteiger partial charge in [0.25, 0.3) is 0 Å². The monoisotopic (exact) mass is 371 g/mol. The highest BCUT2D eigenvalue weighted by Crippen LogP contribution is 2.26. The molecule has 0 bridgehead atoms. The third-order valence-electron chi connectivity index (χ3n) is 3.61. The van der Waals surface area contributed by atoms with E-state index in [-0.39, 0.29) is 6.54 Å². The summed E-state index contributed by atoms with van der Waals surface area (Å²) in [6.07, 6.45) is 1.40. The van der Waals surface area contributed by atoms with Gasteiger partial charge in [-0.25, -0.2) is 5.43 Å². The Hall–Kier alpha value is -3.55. The number of amides is 2. The second-order valence-corrected chi connectivity index (χ2v) is 5.34. The second kappa shape index (κ2) is 9.81. The molecule has 2 aromatic carbocycles. The van der Waals surface area contributed by atoms with Crippen LogP contribution in [0.15, 0.2) is 47.6 Å². The molecule has 0 aliphatic heterocycles. The van der Waals surface area contributed by atoms with Crippen LogP contribution in [-0.2, 0) is 16.1 Å². The molecule has 0 saturated heterocycles. The fraction of sp³-hybridized carbons (Fsp3) is 0.211. The van der Waals surface area contributed by atoms with Crippen LogP contribution in [0.2, 0.25) is 0 Å². The Labute approximate surface area is 157 Å². The molecule has 0 aromatic heterocycles. The van der Waals surface area contributed by atoms with Gasteiger partial charge in [-0.3, -0.25) is 9.59 Å². The van der Waals surface area contributed by atoms with Crippen molar-refractivity contribution < 1.29 is 23.8 Å². The molecule has 0 aliphatic carbocycles. The minimum Gasteiger partial charge on any atom is -0.497 e. The molecule has 0 radical (unpaired) electrons. The predicted octanol–water partition coefficient (Wildman–Crippen LogP) is 1.48. The molecule has 27 heavy (non-hydrogen) atoms. The summed E-state index contributed by atoms with van der Waals surface area (Å²) in [7, 11) is 4.63. The Bertz CT molecular complexity index is 819. The predicted molar refractivity (Wildman–Crippen MR) is 100 cm³/mol. The van der Waals surface area contributed by atoms with Gasteiger partial charge in [0.1, 0.15) is 5.75 Å². The molecule has 0 atom stereocenters. The summed E-state index contributed by atoms with van der Waals surface area (Å²) in [6.45, 7) is 0.218. The van der Waals surface area contributed by atoms with Gasteiger partial charge in [-0.05, 0) is 41.5 Å². The van der Waals surface area contributed by atoms with Gasteiger partial charge in [-0.1, -0.05) is 12.1 Å². The van der Waals surface area contributed by atoms with Crippen molar-refractivity contribution in [2.24, 2.45) is 5.10 Å². The second-order valence-electron chi connectivity index (χ2n) is 5.34. The Morgan fingerprint density at radius 1 is 0.926 bits per heavy atom. The van der Waals surface area contributed by atoms with Crippen LogP contribution in [0.3, 0.4) is 0 Å². The Balaban J connectivity index is 1.85. The van der Waals surface area contributed by atoms with Crippen LogP contribution in [0.1, 0.15) is 11.1 Å².